The van der Waals surface area contributed by atoms with E-state index in [0.29, 0.717) is 10.2 Å². The van der Waals surface area contributed by atoms with Crippen LogP contribution in [0.4, 0.5) is 11.4 Å². The van der Waals surface area contributed by atoms with Crippen molar-refractivity contribution >= 4 is 33.3 Å². The van der Waals surface area contributed by atoms with Crippen molar-refractivity contribution in [2.45, 2.75) is 6.92 Å². The zero-order valence-corrected chi connectivity index (χ0v) is 8.55. The summed E-state index contributed by atoms with van der Waals surface area (Å²) in [7, 11) is 0. The molecule has 0 spiro atoms. The fourth-order valence-corrected chi connectivity index (χ4v) is 1.41. The Kier molecular flexibility index (Phi) is 2.47. The lowest BCUT2D eigenvalue weighted by molar-refractivity contribution is 0.0698. The molecule has 0 atom stereocenters. The number of nitrogen functional groups attached to an aromatic ring is 2. The third-order valence-electron chi connectivity index (χ3n) is 1.84. The van der Waals surface area contributed by atoms with Crippen LogP contribution in [0.15, 0.2) is 10.5 Å². The summed E-state index contributed by atoms with van der Waals surface area (Å²) in [6.07, 6.45) is 0. The number of carboxylic acids is 1. The van der Waals surface area contributed by atoms with Gasteiger partial charge in [-0.05, 0) is 18.6 Å². The van der Waals surface area contributed by atoms with Crippen molar-refractivity contribution in [1.82, 2.24) is 0 Å². The lowest BCUT2D eigenvalue weighted by atomic mass is 10.1. The molecule has 1 rings (SSSR count). The minimum absolute atomic E-state index is 0.0231. The van der Waals surface area contributed by atoms with Gasteiger partial charge < -0.3 is 16.6 Å². The normalized spacial score (nSPS) is 10.0. The number of carboxylic acid groups (broad SMARTS) is 1. The van der Waals surface area contributed by atoms with Gasteiger partial charge in [-0.3, -0.25) is 0 Å². The van der Waals surface area contributed by atoms with E-state index in [1.807, 2.05) is 0 Å². The van der Waals surface area contributed by atoms with Crippen molar-refractivity contribution in [2.75, 3.05) is 11.5 Å². The molecule has 0 fully saturated rings. The monoisotopic (exact) mass is 244 g/mol. The van der Waals surface area contributed by atoms with Crippen LogP contribution in [-0.4, -0.2) is 11.1 Å². The number of halogens is 1. The second-order valence-electron chi connectivity index (χ2n) is 2.66. The number of aromatic carboxylic acids is 1. The van der Waals surface area contributed by atoms with Crippen LogP contribution >= 0.6 is 15.9 Å². The van der Waals surface area contributed by atoms with Crippen molar-refractivity contribution in [1.29, 1.82) is 0 Å². The topological polar surface area (TPSA) is 89.3 Å². The zero-order chi connectivity index (χ0) is 10.2. The lowest BCUT2D eigenvalue weighted by Crippen LogP contribution is -2.07. The fourth-order valence-electron chi connectivity index (χ4n) is 0.965. The van der Waals surface area contributed by atoms with Crippen molar-refractivity contribution in [3.63, 3.8) is 0 Å². The summed E-state index contributed by atoms with van der Waals surface area (Å²) in [4.78, 5) is 10.7. The number of anilines is 2. The Hall–Kier alpha value is -1.23. The first-order chi connectivity index (χ1) is 5.95. The van der Waals surface area contributed by atoms with Crippen LogP contribution in [0.5, 0.6) is 0 Å². The molecule has 5 heteroatoms. The SMILES string of the molecule is Cc1c(Br)cc(C(=O)O)c(N)c1N. The van der Waals surface area contributed by atoms with E-state index in [0.717, 1.165) is 5.56 Å². The number of hydrogen-bond acceptors (Lipinski definition) is 3. The van der Waals surface area contributed by atoms with Gasteiger partial charge in [0, 0.05) is 4.47 Å². The van der Waals surface area contributed by atoms with Gasteiger partial charge in [0.1, 0.15) is 0 Å². The number of carbonyl (C=O) groups is 1. The molecule has 0 aliphatic rings. The minimum atomic E-state index is -1.08. The average Bonchev–Trinajstić information content (AvgIpc) is 2.07. The first-order valence-corrected chi connectivity index (χ1v) is 4.31. The van der Waals surface area contributed by atoms with Gasteiger partial charge in [0.2, 0.25) is 0 Å². The van der Waals surface area contributed by atoms with E-state index in [4.69, 9.17) is 16.6 Å². The van der Waals surface area contributed by atoms with Crippen LogP contribution in [0.1, 0.15) is 15.9 Å². The van der Waals surface area contributed by atoms with Gasteiger partial charge >= 0.3 is 5.97 Å². The van der Waals surface area contributed by atoms with E-state index in [2.05, 4.69) is 15.9 Å². The smallest absolute Gasteiger partial charge is 0.337 e. The molecule has 0 amide bonds. The molecule has 4 nitrogen and oxygen atoms in total. The molecule has 0 radical (unpaired) electrons. The highest BCUT2D eigenvalue weighted by Crippen LogP contribution is 2.30. The highest BCUT2D eigenvalue weighted by Gasteiger charge is 2.14. The molecule has 13 heavy (non-hydrogen) atoms. The minimum Gasteiger partial charge on any atom is -0.478 e. The Morgan fingerprint density at radius 2 is 2.00 bits per heavy atom. The van der Waals surface area contributed by atoms with Gasteiger partial charge in [-0.1, -0.05) is 15.9 Å². The van der Waals surface area contributed by atoms with Gasteiger partial charge in [-0.15, -0.1) is 0 Å². The van der Waals surface area contributed by atoms with E-state index >= 15 is 0 Å². The number of benzene rings is 1. The average molecular weight is 245 g/mol. The first-order valence-electron chi connectivity index (χ1n) is 3.52. The van der Waals surface area contributed by atoms with E-state index in [1.54, 1.807) is 6.92 Å². The Balaban J connectivity index is 3.50. The number of nitrogens with two attached hydrogens (primary N) is 2. The predicted molar refractivity (Wildman–Crippen MR) is 54.7 cm³/mol. The molecule has 0 bridgehead atoms. The van der Waals surface area contributed by atoms with Crippen LogP contribution in [0, 0.1) is 6.92 Å². The van der Waals surface area contributed by atoms with Gasteiger partial charge in [-0.2, -0.15) is 0 Å². The molecule has 70 valence electrons. The van der Waals surface area contributed by atoms with Crippen LogP contribution < -0.4 is 11.5 Å². The van der Waals surface area contributed by atoms with E-state index in [9.17, 15) is 4.79 Å². The summed E-state index contributed by atoms with van der Waals surface area (Å²) in [6.45, 7) is 1.77. The van der Waals surface area contributed by atoms with Crippen molar-refractivity contribution < 1.29 is 9.90 Å². The quantitative estimate of drug-likeness (QED) is 0.656. The molecular weight excluding hydrogens is 236 g/mol. The van der Waals surface area contributed by atoms with Gasteiger partial charge in [0.15, 0.2) is 0 Å². The summed E-state index contributed by atoms with van der Waals surface area (Å²) < 4.78 is 0.650. The maximum Gasteiger partial charge on any atom is 0.337 e. The zero-order valence-electron chi connectivity index (χ0n) is 6.97. The molecule has 0 unspecified atom stereocenters. The Bertz CT molecular complexity index is 377. The van der Waals surface area contributed by atoms with Crippen LogP contribution in [0.3, 0.4) is 0 Å². The molecule has 0 heterocycles. The molecule has 0 aliphatic heterocycles. The van der Waals surface area contributed by atoms with E-state index < -0.39 is 5.97 Å². The Labute approximate surface area is 83.7 Å². The third-order valence-corrected chi connectivity index (χ3v) is 2.67. The van der Waals surface area contributed by atoms with Gasteiger partial charge in [-0.25, -0.2) is 4.79 Å². The number of hydrogen-bond donors (Lipinski definition) is 3. The lowest BCUT2D eigenvalue weighted by Gasteiger charge is -2.09. The molecule has 5 N–H and O–H groups in total. The van der Waals surface area contributed by atoms with Crippen molar-refractivity contribution in [2.24, 2.45) is 0 Å². The molecule has 0 aliphatic carbocycles. The summed E-state index contributed by atoms with van der Waals surface area (Å²) in [5.74, 6) is -1.08. The molecule has 1 aromatic rings. The van der Waals surface area contributed by atoms with E-state index in [1.165, 1.54) is 6.07 Å². The van der Waals surface area contributed by atoms with Crippen LogP contribution in [0.25, 0.3) is 0 Å². The Morgan fingerprint density at radius 1 is 1.46 bits per heavy atom. The predicted octanol–water partition coefficient (Wildman–Crippen LogP) is 1.62. The molecular formula is C8H9BrN2O2. The Morgan fingerprint density at radius 3 is 2.46 bits per heavy atom. The highest BCUT2D eigenvalue weighted by molar-refractivity contribution is 9.10. The van der Waals surface area contributed by atoms with Gasteiger partial charge in [0.05, 0.1) is 16.9 Å². The highest BCUT2D eigenvalue weighted by atomic mass is 79.9. The van der Waals surface area contributed by atoms with Crippen LogP contribution in [-0.2, 0) is 0 Å². The summed E-state index contributed by atoms with van der Waals surface area (Å²) >= 11 is 3.20. The molecule has 0 saturated carbocycles. The van der Waals surface area contributed by atoms with Crippen molar-refractivity contribution in [3.05, 3.63) is 21.7 Å². The number of rotatable bonds is 1. The maximum absolute atomic E-state index is 10.7. The molecule has 1 aromatic carbocycles. The molecule has 0 saturated heterocycles. The van der Waals surface area contributed by atoms with Crippen molar-refractivity contribution in [3.8, 4) is 0 Å². The second kappa shape index (κ2) is 3.26. The summed E-state index contributed by atoms with van der Waals surface area (Å²) in [5.41, 5.74) is 12.3. The van der Waals surface area contributed by atoms with E-state index in [-0.39, 0.29) is 11.3 Å². The standard InChI is InChI=1S/C8H9BrN2O2/c1-3-5(9)2-4(8(12)13)7(11)6(3)10/h2H,10-11H2,1H3,(H,12,13). The summed E-state index contributed by atoms with van der Waals surface area (Å²) in [5, 5.41) is 8.75. The second-order valence-corrected chi connectivity index (χ2v) is 3.52. The van der Waals surface area contributed by atoms with Gasteiger partial charge in [0.25, 0.3) is 0 Å². The molecule has 0 aromatic heterocycles. The maximum atomic E-state index is 10.7. The van der Waals surface area contributed by atoms with Crippen LogP contribution in [0.2, 0.25) is 0 Å². The largest absolute Gasteiger partial charge is 0.478 e. The fraction of sp³-hybridized carbons (Fsp3) is 0.125. The summed E-state index contributed by atoms with van der Waals surface area (Å²) in [6, 6.07) is 1.45. The first kappa shape index (κ1) is 9.85. The third kappa shape index (κ3) is 1.60.